The predicted octanol–water partition coefficient (Wildman–Crippen LogP) is 0.918. The molecule has 3 bridgehead atoms. The molecule has 0 aromatic rings. The van der Waals surface area contributed by atoms with E-state index in [1.165, 1.54) is 6.42 Å². The van der Waals surface area contributed by atoms with Crippen LogP contribution in [0.4, 0.5) is 0 Å². The Hall–Kier alpha value is -0.0800. The summed E-state index contributed by atoms with van der Waals surface area (Å²) in [6.45, 7) is 0. The summed E-state index contributed by atoms with van der Waals surface area (Å²) in [6.07, 6.45) is 5.01. The van der Waals surface area contributed by atoms with Crippen molar-refractivity contribution < 1.29 is 10.2 Å². The summed E-state index contributed by atoms with van der Waals surface area (Å²) in [5.41, 5.74) is -0.467. The number of hydrogen-bond donors (Lipinski definition) is 2. The minimum Gasteiger partial charge on any atom is -0.393 e. The van der Waals surface area contributed by atoms with E-state index in [0.29, 0.717) is 5.92 Å². The van der Waals surface area contributed by atoms with Crippen LogP contribution in [-0.4, -0.2) is 21.9 Å². The zero-order valence-corrected chi connectivity index (χ0v) is 7.24. The van der Waals surface area contributed by atoms with Gasteiger partial charge in [-0.05, 0) is 43.9 Å². The van der Waals surface area contributed by atoms with Crippen LogP contribution in [0.15, 0.2) is 0 Å². The second-order valence-electron chi connectivity index (χ2n) is 5.12. The maximum atomic E-state index is 10.2. The molecule has 2 N–H and O–H groups in total. The van der Waals surface area contributed by atoms with Gasteiger partial charge >= 0.3 is 0 Å². The quantitative estimate of drug-likeness (QED) is 0.564. The standard InChI is InChI=1S/C10H16O2/c11-9-3-7-1-6-2-8(9)10(12,4-6)5-7/h6-9,11-12H,1-5H2/t6-,7+,8-,9+,10-/m1/s1. The van der Waals surface area contributed by atoms with Gasteiger partial charge in [-0.1, -0.05) is 0 Å². The van der Waals surface area contributed by atoms with Gasteiger partial charge < -0.3 is 10.2 Å². The van der Waals surface area contributed by atoms with Gasteiger partial charge in [-0.3, -0.25) is 0 Å². The second-order valence-corrected chi connectivity index (χ2v) is 5.12. The molecule has 0 aromatic carbocycles. The van der Waals surface area contributed by atoms with Gasteiger partial charge in [-0.25, -0.2) is 0 Å². The van der Waals surface area contributed by atoms with Gasteiger partial charge in [0, 0.05) is 5.92 Å². The molecule has 0 aromatic heterocycles. The monoisotopic (exact) mass is 168 g/mol. The lowest BCUT2D eigenvalue weighted by molar-refractivity contribution is -0.111. The molecule has 12 heavy (non-hydrogen) atoms. The molecule has 0 unspecified atom stereocenters. The number of aliphatic hydroxyl groups excluding tert-OH is 1. The molecular formula is C10H16O2. The minimum atomic E-state index is -0.467. The fraction of sp³-hybridized carbons (Fsp3) is 1.00. The second kappa shape index (κ2) is 2.05. The van der Waals surface area contributed by atoms with Crippen LogP contribution >= 0.6 is 0 Å². The fourth-order valence-corrected chi connectivity index (χ4v) is 3.98. The molecule has 3 saturated carbocycles. The molecule has 5 atom stereocenters. The van der Waals surface area contributed by atoms with Gasteiger partial charge in [0.25, 0.3) is 0 Å². The molecular weight excluding hydrogens is 152 g/mol. The number of hydrogen-bond acceptors (Lipinski definition) is 2. The Kier molecular flexibility index (Phi) is 1.25. The fourth-order valence-electron chi connectivity index (χ4n) is 3.98. The highest BCUT2D eigenvalue weighted by atomic mass is 16.3. The average Bonchev–Trinajstić information content (AvgIpc) is 2.11. The zero-order valence-electron chi connectivity index (χ0n) is 7.24. The highest BCUT2D eigenvalue weighted by Crippen LogP contribution is 2.57. The summed E-state index contributed by atoms with van der Waals surface area (Å²) in [5, 5.41) is 20.0. The minimum absolute atomic E-state index is 0.207. The van der Waals surface area contributed by atoms with E-state index < -0.39 is 5.60 Å². The summed E-state index contributed by atoms with van der Waals surface area (Å²) in [4.78, 5) is 0. The topological polar surface area (TPSA) is 40.5 Å². The predicted molar refractivity (Wildman–Crippen MR) is 44.5 cm³/mol. The van der Waals surface area contributed by atoms with Gasteiger partial charge in [0.15, 0.2) is 0 Å². The molecule has 0 amide bonds. The highest BCUT2D eigenvalue weighted by Gasteiger charge is 2.56. The van der Waals surface area contributed by atoms with Crippen LogP contribution in [0.5, 0.6) is 0 Å². The van der Waals surface area contributed by atoms with E-state index in [1.807, 2.05) is 0 Å². The third-order valence-corrected chi connectivity index (χ3v) is 4.27. The van der Waals surface area contributed by atoms with E-state index >= 15 is 0 Å². The molecule has 3 aliphatic rings. The maximum Gasteiger partial charge on any atom is 0.0705 e. The highest BCUT2D eigenvalue weighted by molar-refractivity contribution is 5.08. The van der Waals surface area contributed by atoms with Crippen LogP contribution in [-0.2, 0) is 0 Å². The average molecular weight is 168 g/mol. The first-order valence-corrected chi connectivity index (χ1v) is 5.08. The van der Waals surface area contributed by atoms with E-state index in [9.17, 15) is 10.2 Å². The first-order valence-electron chi connectivity index (χ1n) is 5.08. The Morgan fingerprint density at radius 2 is 1.67 bits per heavy atom. The first-order chi connectivity index (χ1) is 5.67. The van der Waals surface area contributed by atoms with Crippen molar-refractivity contribution in [3.05, 3.63) is 0 Å². The molecule has 0 heterocycles. The van der Waals surface area contributed by atoms with Crippen molar-refractivity contribution in [1.82, 2.24) is 0 Å². The molecule has 0 aliphatic heterocycles. The molecule has 3 fully saturated rings. The van der Waals surface area contributed by atoms with Crippen molar-refractivity contribution in [2.75, 3.05) is 0 Å². The number of fused-ring (bicyclic) bond motifs is 2. The Labute approximate surface area is 72.6 Å². The SMILES string of the molecule is O[C@H]1C[C@@H]2C[C@@H]3C[C@H]1[C@@](O)(C3)C2. The smallest absolute Gasteiger partial charge is 0.0705 e. The first kappa shape index (κ1) is 7.34. The van der Waals surface area contributed by atoms with Gasteiger partial charge in [-0.15, -0.1) is 0 Å². The van der Waals surface area contributed by atoms with Gasteiger partial charge in [0.2, 0.25) is 0 Å². The Balaban J connectivity index is 2.00. The summed E-state index contributed by atoms with van der Waals surface area (Å²) < 4.78 is 0. The maximum absolute atomic E-state index is 10.2. The lowest BCUT2D eigenvalue weighted by Gasteiger charge is -2.43. The molecule has 3 rings (SSSR count). The summed E-state index contributed by atoms with van der Waals surface area (Å²) in [5.74, 6) is 1.54. The molecule has 3 aliphatic carbocycles. The number of rotatable bonds is 0. The normalized spacial score (nSPS) is 62.5. The van der Waals surface area contributed by atoms with Crippen LogP contribution < -0.4 is 0 Å². The van der Waals surface area contributed by atoms with E-state index in [0.717, 1.165) is 31.6 Å². The van der Waals surface area contributed by atoms with E-state index in [4.69, 9.17) is 0 Å². The molecule has 2 nitrogen and oxygen atoms in total. The molecule has 2 heteroatoms. The van der Waals surface area contributed by atoms with Crippen molar-refractivity contribution in [1.29, 1.82) is 0 Å². The van der Waals surface area contributed by atoms with Crippen molar-refractivity contribution in [2.45, 2.75) is 43.8 Å². The Morgan fingerprint density at radius 3 is 2.42 bits per heavy atom. The van der Waals surface area contributed by atoms with Crippen LogP contribution in [0.2, 0.25) is 0 Å². The van der Waals surface area contributed by atoms with Crippen LogP contribution in [0.25, 0.3) is 0 Å². The van der Waals surface area contributed by atoms with Crippen LogP contribution in [0.1, 0.15) is 32.1 Å². The van der Waals surface area contributed by atoms with Crippen molar-refractivity contribution >= 4 is 0 Å². The van der Waals surface area contributed by atoms with Crippen LogP contribution in [0, 0.1) is 17.8 Å². The number of aliphatic hydroxyl groups is 2. The van der Waals surface area contributed by atoms with E-state index in [-0.39, 0.29) is 12.0 Å². The van der Waals surface area contributed by atoms with Crippen molar-refractivity contribution in [2.24, 2.45) is 17.8 Å². The van der Waals surface area contributed by atoms with Crippen molar-refractivity contribution in [3.63, 3.8) is 0 Å². The van der Waals surface area contributed by atoms with E-state index in [2.05, 4.69) is 0 Å². The lowest BCUT2D eigenvalue weighted by atomic mass is 9.68. The largest absolute Gasteiger partial charge is 0.393 e. The van der Waals surface area contributed by atoms with E-state index in [1.54, 1.807) is 0 Å². The van der Waals surface area contributed by atoms with Crippen LogP contribution in [0.3, 0.4) is 0 Å². The third-order valence-electron chi connectivity index (χ3n) is 4.27. The van der Waals surface area contributed by atoms with Gasteiger partial charge in [0.1, 0.15) is 0 Å². The van der Waals surface area contributed by atoms with Gasteiger partial charge in [0.05, 0.1) is 11.7 Å². The van der Waals surface area contributed by atoms with Gasteiger partial charge in [-0.2, -0.15) is 0 Å². The molecule has 0 saturated heterocycles. The third kappa shape index (κ3) is 0.775. The Bertz CT molecular complexity index is 214. The Morgan fingerprint density at radius 1 is 1.00 bits per heavy atom. The summed E-state index contributed by atoms with van der Waals surface area (Å²) in [7, 11) is 0. The molecule has 0 radical (unpaired) electrons. The molecule has 68 valence electrons. The zero-order chi connectivity index (χ0) is 8.34. The summed E-state index contributed by atoms with van der Waals surface area (Å²) >= 11 is 0. The van der Waals surface area contributed by atoms with Crippen molar-refractivity contribution in [3.8, 4) is 0 Å². The molecule has 0 spiro atoms. The summed E-state index contributed by atoms with van der Waals surface area (Å²) in [6, 6.07) is 0. The lowest BCUT2D eigenvalue weighted by Crippen LogP contribution is -2.48.